The van der Waals surface area contributed by atoms with Crippen molar-refractivity contribution in [1.82, 2.24) is 0 Å². The Morgan fingerprint density at radius 1 is 1.55 bits per heavy atom. The highest BCUT2D eigenvalue weighted by molar-refractivity contribution is 6.71. The van der Waals surface area contributed by atoms with E-state index in [0.717, 1.165) is 12.3 Å². The van der Waals surface area contributed by atoms with Crippen LogP contribution >= 0.6 is 11.6 Å². The zero-order valence-electron chi connectivity index (χ0n) is 7.23. The van der Waals surface area contributed by atoms with Crippen LogP contribution in [-0.2, 0) is 0 Å². The van der Waals surface area contributed by atoms with Crippen molar-refractivity contribution in [3.63, 3.8) is 0 Å². The molecule has 0 bridgehead atoms. The number of allylic oxidation sites excluding steroid dienone is 3. The Balaban J connectivity index is 2.50. The summed E-state index contributed by atoms with van der Waals surface area (Å²) < 4.78 is 0. The van der Waals surface area contributed by atoms with Crippen molar-refractivity contribution in [2.45, 2.75) is 26.3 Å². The molecule has 1 unspecified atom stereocenters. The second kappa shape index (κ2) is 4.12. The summed E-state index contributed by atoms with van der Waals surface area (Å²) in [4.78, 5) is 0. The van der Waals surface area contributed by atoms with E-state index in [-0.39, 0.29) is 0 Å². The Morgan fingerprint density at radius 2 is 2.27 bits per heavy atom. The van der Waals surface area contributed by atoms with Crippen molar-refractivity contribution < 1.29 is 0 Å². The third-order valence-corrected chi connectivity index (χ3v) is 5.13. The summed E-state index contributed by atoms with van der Waals surface area (Å²) in [5.41, 5.74) is 3.96. The van der Waals surface area contributed by atoms with Gasteiger partial charge >= 0.3 is 0 Å². The lowest BCUT2D eigenvalue weighted by Gasteiger charge is -2.03. The van der Waals surface area contributed by atoms with Gasteiger partial charge in [-0.05, 0) is 19.8 Å². The van der Waals surface area contributed by atoms with Crippen LogP contribution in [0.4, 0.5) is 0 Å². The maximum Gasteiger partial charge on any atom is 0.0859 e. The molecule has 11 heavy (non-hydrogen) atoms. The molecule has 0 aromatic rings. The Kier molecular flexibility index (Phi) is 3.40. The molecular weight excluding hydrogens is 172 g/mol. The van der Waals surface area contributed by atoms with Gasteiger partial charge in [-0.2, -0.15) is 0 Å². The molecule has 62 valence electrons. The molecule has 0 nitrogen and oxygen atoms in total. The molecule has 2 heteroatoms. The number of halogens is 1. The van der Waals surface area contributed by atoms with Gasteiger partial charge < -0.3 is 0 Å². The van der Waals surface area contributed by atoms with Crippen LogP contribution in [0.1, 0.15) is 19.8 Å². The lowest BCUT2D eigenvalue weighted by atomic mass is 10.1. The van der Waals surface area contributed by atoms with Crippen LogP contribution < -0.4 is 0 Å². The van der Waals surface area contributed by atoms with Crippen LogP contribution in [0.15, 0.2) is 22.5 Å². The number of hydrogen-bond donors (Lipinski definition) is 0. The van der Waals surface area contributed by atoms with E-state index in [0.29, 0.717) is 0 Å². The van der Waals surface area contributed by atoms with Gasteiger partial charge in [0.2, 0.25) is 0 Å². The predicted molar refractivity (Wildman–Crippen MR) is 54.8 cm³/mol. The number of alkyl halides is 1. The molecule has 0 aromatic heterocycles. The monoisotopic (exact) mass is 186 g/mol. The highest BCUT2D eigenvalue weighted by Gasteiger charge is 2.12. The Labute approximate surface area is 75.6 Å². The molecule has 1 atom stereocenters. The van der Waals surface area contributed by atoms with Crippen molar-refractivity contribution in [1.29, 1.82) is 0 Å². The molecule has 0 amide bonds. The van der Waals surface area contributed by atoms with Gasteiger partial charge in [0.1, 0.15) is 0 Å². The van der Waals surface area contributed by atoms with Crippen LogP contribution in [-0.4, -0.2) is 14.7 Å². The third-order valence-electron chi connectivity index (χ3n) is 2.36. The molecule has 1 heterocycles. The lowest BCUT2D eigenvalue weighted by molar-refractivity contribution is 0.930. The summed E-state index contributed by atoms with van der Waals surface area (Å²) in [5.74, 6) is 0.792. The fraction of sp³-hybridized carbons (Fsp3) is 0.556. The van der Waals surface area contributed by atoms with Crippen molar-refractivity contribution >= 4 is 20.4 Å². The largest absolute Gasteiger partial charge is 0.127 e. The average Bonchev–Trinajstić information content (AvgIpc) is 2.31. The van der Waals surface area contributed by atoms with E-state index < -0.39 is 8.80 Å². The van der Waals surface area contributed by atoms with E-state index in [9.17, 15) is 0 Å². The standard InChI is InChI=1S/C9H15ClSi/c1-8-9(4-3-6-10)5-7-11(8)2/h5,7,11H,3-4,6H2,1-2H3. The van der Waals surface area contributed by atoms with Gasteiger partial charge in [0, 0.05) is 5.88 Å². The maximum atomic E-state index is 5.63. The van der Waals surface area contributed by atoms with Crippen molar-refractivity contribution in [2.75, 3.05) is 5.88 Å². The lowest BCUT2D eigenvalue weighted by Crippen LogP contribution is -2.02. The minimum Gasteiger partial charge on any atom is -0.127 e. The minimum absolute atomic E-state index is 0.588. The van der Waals surface area contributed by atoms with E-state index in [2.05, 4.69) is 25.2 Å². The summed E-state index contributed by atoms with van der Waals surface area (Å²) in [5, 5.41) is 1.66. The van der Waals surface area contributed by atoms with Crippen molar-refractivity contribution in [3.05, 3.63) is 22.5 Å². The molecule has 0 fully saturated rings. The van der Waals surface area contributed by atoms with Crippen molar-refractivity contribution in [2.24, 2.45) is 0 Å². The Morgan fingerprint density at radius 3 is 2.73 bits per heavy atom. The predicted octanol–water partition coefficient (Wildman–Crippen LogP) is 2.83. The smallest absolute Gasteiger partial charge is 0.0859 e. The first-order valence-corrected chi connectivity index (χ1v) is 7.13. The Bertz CT molecular complexity index is 194. The summed E-state index contributed by atoms with van der Waals surface area (Å²) in [7, 11) is -0.588. The minimum atomic E-state index is -0.588. The number of rotatable bonds is 3. The summed E-state index contributed by atoms with van der Waals surface area (Å²) in [6.45, 7) is 4.65. The topological polar surface area (TPSA) is 0 Å². The average molecular weight is 187 g/mol. The van der Waals surface area contributed by atoms with Crippen LogP contribution in [0.3, 0.4) is 0 Å². The molecule has 0 radical (unpaired) electrons. The summed E-state index contributed by atoms with van der Waals surface area (Å²) in [6.07, 6.45) is 4.61. The van der Waals surface area contributed by atoms with Crippen LogP contribution in [0.25, 0.3) is 0 Å². The highest BCUT2D eigenvalue weighted by Crippen LogP contribution is 2.21. The molecule has 0 spiro atoms. The quantitative estimate of drug-likeness (QED) is 0.470. The van der Waals surface area contributed by atoms with E-state index in [1.54, 1.807) is 10.8 Å². The summed E-state index contributed by atoms with van der Waals surface area (Å²) >= 11 is 5.63. The molecule has 0 saturated carbocycles. The Hall–Kier alpha value is -0.0131. The van der Waals surface area contributed by atoms with Gasteiger partial charge in [-0.1, -0.05) is 29.1 Å². The third kappa shape index (κ3) is 2.21. The van der Waals surface area contributed by atoms with Crippen LogP contribution in [0, 0.1) is 0 Å². The maximum absolute atomic E-state index is 5.63. The first-order valence-electron chi connectivity index (χ1n) is 4.19. The number of hydrogen-bond acceptors (Lipinski definition) is 0. The van der Waals surface area contributed by atoms with Gasteiger partial charge in [0.05, 0.1) is 8.80 Å². The van der Waals surface area contributed by atoms with Gasteiger partial charge in [-0.3, -0.25) is 0 Å². The van der Waals surface area contributed by atoms with Gasteiger partial charge in [-0.15, -0.1) is 11.6 Å². The zero-order valence-corrected chi connectivity index (χ0v) is 9.14. The fourth-order valence-electron chi connectivity index (χ4n) is 1.37. The fourth-order valence-corrected chi connectivity index (χ4v) is 3.14. The first-order chi connectivity index (χ1) is 5.25. The molecule has 1 rings (SSSR count). The molecule has 0 aromatic carbocycles. The van der Waals surface area contributed by atoms with E-state index >= 15 is 0 Å². The SMILES string of the molecule is CC1=C(CCCCl)C=C[SiH]1C. The van der Waals surface area contributed by atoms with Gasteiger partial charge in [-0.25, -0.2) is 0 Å². The van der Waals surface area contributed by atoms with E-state index in [1.165, 1.54) is 6.42 Å². The molecule has 0 N–H and O–H groups in total. The second-order valence-electron chi connectivity index (χ2n) is 3.15. The first kappa shape index (κ1) is 9.08. The van der Waals surface area contributed by atoms with Crippen LogP contribution in [0.2, 0.25) is 6.55 Å². The molecule has 1 aliphatic heterocycles. The zero-order chi connectivity index (χ0) is 8.27. The van der Waals surface area contributed by atoms with Gasteiger partial charge in [0.25, 0.3) is 0 Å². The van der Waals surface area contributed by atoms with E-state index in [4.69, 9.17) is 11.6 Å². The molecule has 0 saturated heterocycles. The van der Waals surface area contributed by atoms with Crippen LogP contribution in [0.5, 0.6) is 0 Å². The molecular formula is C9H15ClSi. The van der Waals surface area contributed by atoms with E-state index in [1.807, 2.05) is 0 Å². The normalized spacial score (nSPS) is 23.4. The highest BCUT2D eigenvalue weighted by atomic mass is 35.5. The summed E-state index contributed by atoms with van der Waals surface area (Å²) in [6, 6.07) is 0. The molecule has 0 aliphatic carbocycles. The second-order valence-corrected chi connectivity index (χ2v) is 6.35. The van der Waals surface area contributed by atoms with Gasteiger partial charge in [0.15, 0.2) is 0 Å². The van der Waals surface area contributed by atoms with Crippen molar-refractivity contribution in [3.8, 4) is 0 Å². The molecule has 1 aliphatic rings.